The number of likely N-dealkylation sites (tertiary alicyclic amines) is 2. The minimum absolute atomic E-state index is 0.0375. The van der Waals surface area contributed by atoms with Crippen LogP contribution in [0.4, 0.5) is 0 Å². The van der Waals surface area contributed by atoms with Crippen molar-refractivity contribution in [1.82, 2.24) is 19.8 Å². The molecule has 11 nitrogen and oxygen atoms in total. The Kier molecular flexibility index (Phi) is 6.57. The van der Waals surface area contributed by atoms with E-state index in [0.29, 0.717) is 56.8 Å². The van der Waals surface area contributed by atoms with Gasteiger partial charge < -0.3 is 19.3 Å². The number of amides is 2. The molecule has 1 aliphatic carbocycles. The first kappa shape index (κ1) is 25.2. The number of primary sulfonamides is 1. The summed E-state index contributed by atoms with van der Waals surface area (Å²) in [6.07, 6.45) is 6.69. The number of hydrogen-bond donors (Lipinski definition) is 1. The van der Waals surface area contributed by atoms with Crippen LogP contribution >= 0.6 is 0 Å². The maximum absolute atomic E-state index is 13.4. The topological polar surface area (TPSA) is 145 Å². The van der Waals surface area contributed by atoms with Gasteiger partial charge in [0.05, 0.1) is 18.8 Å². The van der Waals surface area contributed by atoms with Crippen LogP contribution < -0.4 is 9.88 Å². The quantitative estimate of drug-likeness (QED) is 0.578. The summed E-state index contributed by atoms with van der Waals surface area (Å²) in [5.41, 5.74) is 1.78. The molecule has 2 N–H and O–H groups in total. The van der Waals surface area contributed by atoms with Crippen LogP contribution in [0.2, 0.25) is 0 Å². The molecule has 202 valence electrons. The van der Waals surface area contributed by atoms with E-state index in [1.54, 1.807) is 11.1 Å². The van der Waals surface area contributed by atoms with E-state index in [0.717, 1.165) is 37.4 Å². The molecule has 5 heterocycles. The molecule has 0 radical (unpaired) electrons. The van der Waals surface area contributed by atoms with E-state index >= 15 is 0 Å². The number of sulfonamides is 1. The second-order valence-corrected chi connectivity index (χ2v) is 12.2. The first-order valence-corrected chi connectivity index (χ1v) is 14.6. The zero-order chi connectivity index (χ0) is 26.4. The third-order valence-electron chi connectivity index (χ3n) is 7.93. The monoisotopic (exact) mass is 541 g/mol. The molecular formula is C26H31N5O6S. The molecule has 4 fully saturated rings. The molecule has 12 heteroatoms. The van der Waals surface area contributed by atoms with E-state index in [-0.39, 0.29) is 40.3 Å². The lowest BCUT2D eigenvalue weighted by Gasteiger charge is -2.24. The highest BCUT2D eigenvalue weighted by molar-refractivity contribution is 7.89. The standard InChI is InChI=1S/C26H31N5O6S/c27-38(34,35)21-3-4-23(28-11-21)26(33)31-14-18-12-30(13-19(18)15-31)25(32)17-9-22(16-1-2-16)24(29-10-17)37-20-5-7-36-8-6-20/h3-4,9-11,16,18-20H,1-2,5-8,12-15H2,(H2,27,34,35)/t18-,19-/m0/s1. The van der Waals surface area contributed by atoms with Crippen LogP contribution in [0, 0.1) is 11.8 Å². The fourth-order valence-electron chi connectivity index (χ4n) is 5.67. The van der Waals surface area contributed by atoms with Gasteiger partial charge in [0.2, 0.25) is 15.9 Å². The van der Waals surface area contributed by atoms with Gasteiger partial charge in [-0.15, -0.1) is 0 Å². The van der Waals surface area contributed by atoms with Gasteiger partial charge in [-0.3, -0.25) is 9.59 Å². The van der Waals surface area contributed by atoms with E-state index in [9.17, 15) is 18.0 Å². The SMILES string of the molecule is NS(=O)(=O)c1ccc(C(=O)N2C[C@@H]3CN(C(=O)c4cnc(OC5CCOCC5)c(C5CC5)c4)C[C@H]3C2)nc1. The number of carbonyl (C=O) groups excluding carboxylic acids is 2. The molecular weight excluding hydrogens is 510 g/mol. The molecule has 6 rings (SSSR count). The Morgan fingerprint density at radius 1 is 0.921 bits per heavy atom. The van der Waals surface area contributed by atoms with Crippen LogP contribution in [0.15, 0.2) is 35.5 Å². The Balaban J connectivity index is 1.09. The number of rotatable bonds is 6. The first-order valence-electron chi connectivity index (χ1n) is 13.1. The van der Waals surface area contributed by atoms with E-state index in [2.05, 4.69) is 9.97 Å². The summed E-state index contributed by atoms with van der Waals surface area (Å²) in [7, 11) is -3.87. The van der Waals surface area contributed by atoms with E-state index in [1.165, 1.54) is 12.1 Å². The third-order valence-corrected chi connectivity index (χ3v) is 8.83. The molecule has 4 aliphatic rings. The highest BCUT2D eigenvalue weighted by atomic mass is 32.2. The smallest absolute Gasteiger partial charge is 0.272 e. The molecule has 0 bridgehead atoms. The molecule has 0 unspecified atom stereocenters. The molecule has 3 aliphatic heterocycles. The number of carbonyl (C=O) groups is 2. The fraction of sp³-hybridized carbons (Fsp3) is 0.538. The summed E-state index contributed by atoms with van der Waals surface area (Å²) in [5, 5.41) is 5.11. The second-order valence-electron chi connectivity index (χ2n) is 10.7. The Morgan fingerprint density at radius 3 is 2.16 bits per heavy atom. The number of pyridine rings is 2. The molecule has 38 heavy (non-hydrogen) atoms. The number of fused-ring (bicyclic) bond motifs is 1. The maximum Gasteiger partial charge on any atom is 0.272 e. The van der Waals surface area contributed by atoms with Gasteiger partial charge in [-0.25, -0.2) is 23.5 Å². The zero-order valence-corrected chi connectivity index (χ0v) is 21.8. The number of ether oxygens (including phenoxy) is 2. The molecule has 0 aromatic carbocycles. The van der Waals surface area contributed by atoms with Crippen molar-refractivity contribution < 1.29 is 27.5 Å². The van der Waals surface area contributed by atoms with Gasteiger partial charge in [-0.1, -0.05) is 0 Å². The van der Waals surface area contributed by atoms with Crippen LogP contribution in [-0.2, 0) is 14.8 Å². The van der Waals surface area contributed by atoms with Gasteiger partial charge >= 0.3 is 0 Å². The number of nitrogens with two attached hydrogens (primary N) is 1. The van der Waals surface area contributed by atoms with Crippen molar-refractivity contribution in [3.05, 3.63) is 47.4 Å². The molecule has 2 atom stereocenters. The van der Waals surface area contributed by atoms with Gasteiger partial charge in [-0.05, 0) is 37.0 Å². The Bertz CT molecular complexity index is 1330. The van der Waals surface area contributed by atoms with Gasteiger partial charge in [0.15, 0.2) is 0 Å². The van der Waals surface area contributed by atoms with Gasteiger partial charge in [-0.2, -0.15) is 0 Å². The predicted octanol–water partition coefficient (Wildman–Crippen LogP) is 1.40. The van der Waals surface area contributed by atoms with Crippen molar-refractivity contribution in [2.75, 3.05) is 39.4 Å². The van der Waals surface area contributed by atoms with Crippen LogP contribution in [0.5, 0.6) is 5.88 Å². The van der Waals surface area contributed by atoms with E-state index in [1.807, 2.05) is 11.0 Å². The van der Waals surface area contributed by atoms with Crippen molar-refractivity contribution in [2.45, 2.75) is 42.6 Å². The van der Waals surface area contributed by atoms with Crippen LogP contribution in [0.3, 0.4) is 0 Å². The summed E-state index contributed by atoms with van der Waals surface area (Å²) in [6.45, 7) is 3.59. The second kappa shape index (κ2) is 9.90. The fourth-order valence-corrected chi connectivity index (χ4v) is 6.12. The average Bonchev–Trinajstić information content (AvgIpc) is 3.57. The molecule has 2 aromatic rings. The van der Waals surface area contributed by atoms with Gasteiger partial charge in [0, 0.05) is 68.8 Å². The first-order chi connectivity index (χ1) is 18.3. The van der Waals surface area contributed by atoms with Gasteiger partial charge in [0.25, 0.3) is 11.8 Å². The molecule has 1 saturated carbocycles. The predicted molar refractivity (Wildman–Crippen MR) is 135 cm³/mol. The Labute approximate surface area is 221 Å². The molecule has 2 amide bonds. The highest BCUT2D eigenvalue weighted by Gasteiger charge is 2.43. The summed E-state index contributed by atoms with van der Waals surface area (Å²) >= 11 is 0. The summed E-state index contributed by atoms with van der Waals surface area (Å²) < 4.78 is 34.5. The van der Waals surface area contributed by atoms with Crippen LogP contribution in [0.1, 0.15) is 58.0 Å². The lowest BCUT2D eigenvalue weighted by molar-refractivity contribution is 0.0233. The van der Waals surface area contributed by atoms with Gasteiger partial charge in [0.1, 0.15) is 16.7 Å². The number of hydrogen-bond acceptors (Lipinski definition) is 8. The van der Waals surface area contributed by atoms with Crippen LogP contribution in [0.25, 0.3) is 0 Å². The lowest BCUT2D eigenvalue weighted by atomic mass is 10.0. The minimum atomic E-state index is -3.87. The molecule has 0 spiro atoms. The number of nitrogens with zero attached hydrogens (tertiary/aromatic N) is 4. The Hall–Kier alpha value is -3.09. The van der Waals surface area contributed by atoms with E-state index in [4.69, 9.17) is 14.6 Å². The third kappa shape index (κ3) is 5.12. The highest BCUT2D eigenvalue weighted by Crippen LogP contribution is 2.44. The summed E-state index contributed by atoms with van der Waals surface area (Å²) in [5.74, 6) is 1.11. The summed E-state index contributed by atoms with van der Waals surface area (Å²) in [6, 6.07) is 4.63. The summed E-state index contributed by atoms with van der Waals surface area (Å²) in [4.78, 5) is 38.4. The normalized spacial score (nSPS) is 23.9. The van der Waals surface area contributed by atoms with E-state index < -0.39 is 10.0 Å². The molecule has 3 saturated heterocycles. The maximum atomic E-state index is 13.4. The zero-order valence-electron chi connectivity index (χ0n) is 21.0. The van der Waals surface area contributed by atoms with Crippen molar-refractivity contribution in [2.24, 2.45) is 17.0 Å². The molecule has 2 aromatic heterocycles. The minimum Gasteiger partial charge on any atom is -0.474 e. The number of aromatic nitrogens is 2. The van der Waals surface area contributed by atoms with Crippen molar-refractivity contribution in [3.63, 3.8) is 0 Å². The largest absolute Gasteiger partial charge is 0.474 e. The van der Waals surface area contributed by atoms with Crippen LogP contribution in [-0.4, -0.2) is 85.5 Å². The average molecular weight is 542 g/mol. The lowest BCUT2D eigenvalue weighted by Crippen LogP contribution is -2.36. The van der Waals surface area contributed by atoms with Crippen molar-refractivity contribution in [3.8, 4) is 5.88 Å². The van der Waals surface area contributed by atoms with Crippen molar-refractivity contribution in [1.29, 1.82) is 0 Å². The van der Waals surface area contributed by atoms with Crippen molar-refractivity contribution >= 4 is 21.8 Å². The Morgan fingerprint density at radius 2 is 1.58 bits per heavy atom.